The standard InChI is InChI=1S/C33H35BrN4O5/c34-27(17-9-10-22-38-32(42)25-15-7-8-16-26(25)33(38)43)29(39)37-28(30(40)35-20-18-23-11-3-1-4-12-23)31(41)36-21-19-24-13-5-2-6-14-24/h1-8,11-16,27-28H,9-10,17-22H2,(H,35,40)(H,36,41)(H,37,39)/t27-/m0/s1. The van der Waals surface area contributed by atoms with Crippen molar-refractivity contribution in [1.82, 2.24) is 20.9 Å². The quantitative estimate of drug-likeness (QED) is 0.101. The van der Waals surface area contributed by atoms with Gasteiger partial charge in [0.05, 0.1) is 16.0 Å². The van der Waals surface area contributed by atoms with Crippen LogP contribution in [0.4, 0.5) is 0 Å². The topological polar surface area (TPSA) is 125 Å². The van der Waals surface area contributed by atoms with Gasteiger partial charge in [-0.1, -0.05) is 95.1 Å². The number of carbonyl (C=O) groups is 5. The van der Waals surface area contributed by atoms with Gasteiger partial charge in [0.15, 0.2) is 6.04 Å². The number of halogens is 1. The SMILES string of the molecule is O=C(NCCc1ccccc1)C(NC(=O)[C@@H](Br)CCCCN1C(=O)c2ccccc2C1=O)C(=O)NCCc1ccccc1. The molecule has 0 aromatic heterocycles. The number of hydrogen-bond donors (Lipinski definition) is 3. The van der Waals surface area contributed by atoms with Crippen LogP contribution in [0.2, 0.25) is 0 Å². The van der Waals surface area contributed by atoms with E-state index in [0.717, 1.165) is 11.1 Å². The zero-order valence-corrected chi connectivity index (χ0v) is 25.3. The molecule has 0 bridgehead atoms. The van der Waals surface area contributed by atoms with Crippen LogP contribution in [-0.2, 0) is 27.2 Å². The van der Waals surface area contributed by atoms with E-state index < -0.39 is 28.6 Å². The minimum atomic E-state index is -1.41. The van der Waals surface area contributed by atoms with Gasteiger partial charge in [0.2, 0.25) is 5.91 Å². The fraction of sp³-hybridized carbons (Fsp3) is 0.303. The summed E-state index contributed by atoms with van der Waals surface area (Å²) in [6.45, 7) is 0.855. The van der Waals surface area contributed by atoms with E-state index in [1.54, 1.807) is 24.3 Å². The second-order valence-electron chi connectivity index (χ2n) is 10.3. The molecule has 0 fully saturated rings. The zero-order chi connectivity index (χ0) is 30.6. The summed E-state index contributed by atoms with van der Waals surface area (Å²) in [6.07, 6.45) is 2.58. The van der Waals surface area contributed by atoms with Gasteiger partial charge in [-0.2, -0.15) is 0 Å². The molecule has 10 heteroatoms. The van der Waals surface area contributed by atoms with Gasteiger partial charge in [-0.15, -0.1) is 0 Å². The summed E-state index contributed by atoms with van der Waals surface area (Å²) in [5.74, 6) is -2.30. The molecule has 1 heterocycles. The lowest BCUT2D eigenvalue weighted by molar-refractivity contribution is -0.136. The van der Waals surface area contributed by atoms with Gasteiger partial charge in [0.25, 0.3) is 23.6 Å². The van der Waals surface area contributed by atoms with E-state index in [0.29, 0.717) is 56.3 Å². The van der Waals surface area contributed by atoms with Gasteiger partial charge in [-0.05, 0) is 48.9 Å². The Labute approximate surface area is 259 Å². The van der Waals surface area contributed by atoms with Crippen molar-refractivity contribution in [3.63, 3.8) is 0 Å². The van der Waals surface area contributed by atoms with Gasteiger partial charge in [-0.3, -0.25) is 28.9 Å². The first-order valence-corrected chi connectivity index (χ1v) is 15.3. The first kappa shape index (κ1) is 31.6. The summed E-state index contributed by atoms with van der Waals surface area (Å²) in [7, 11) is 0. The predicted octanol–water partition coefficient (Wildman–Crippen LogP) is 3.42. The largest absolute Gasteiger partial charge is 0.354 e. The van der Waals surface area contributed by atoms with E-state index in [9.17, 15) is 24.0 Å². The van der Waals surface area contributed by atoms with Crippen LogP contribution in [0.25, 0.3) is 0 Å². The summed E-state index contributed by atoms with van der Waals surface area (Å²) in [4.78, 5) is 64.8. The fourth-order valence-electron chi connectivity index (χ4n) is 4.80. The smallest absolute Gasteiger partial charge is 0.261 e. The third-order valence-electron chi connectivity index (χ3n) is 7.17. The molecule has 1 aliphatic heterocycles. The van der Waals surface area contributed by atoms with Crippen LogP contribution in [0.15, 0.2) is 84.9 Å². The molecule has 43 heavy (non-hydrogen) atoms. The lowest BCUT2D eigenvalue weighted by Crippen LogP contribution is -2.56. The average Bonchev–Trinajstić information content (AvgIpc) is 3.27. The molecule has 0 radical (unpaired) electrons. The Morgan fingerprint density at radius 1 is 0.651 bits per heavy atom. The van der Waals surface area contributed by atoms with E-state index in [4.69, 9.17) is 0 Å². The molecule has 0 aliphatic carbocycles. The number of alkyl halides is 1. The number of nitrogens with one attached hydrogen (secondary N) is 3. The van der Waals surface area contributed by atoms with Crippen LogP contribution < -0.4 is 16.0 Å². The van der Waals surface area contributed by atoms with Crippen molar-refractivity contribution in [2.75, 3.05) is 19.6 Å². The van der Waals surface area contributed by atoms with Crippen molar-refractivity contribution in [1.29, 1.82) is 0 Å². The second-order valence-corrected chi connectivity index (χ2v) is 11.4. The Bertz CT molecular complexity index is 1340. The van der Waals surface area contributed by atoms with Crippen LogP contribution in [0.3, 0.4) is 0 Å². The van der Waals surface area contributed by atoms with Crippen molar-refractivity contribution in [3.8, 4) is 0 Å². The summed E-state index contributed by atoms with van der Waals surface area (Å²) in [5.41, 5.74) is 2.88. The maximum Gasteiger partial charge on any atom is 0.261 e. The molecule has 3 aromatic rings. The third-order valence-corrected chi connectivity index (χ3v) is 8.05. The van der Waals surface area contributed by atoms with Crippen LogP contribution in [0, 0.1) is 0 Å². The number of hydrogen-bond acceptors (Lipinski definition) is 5. The highest BCUT2D eigenvalue weighted by Gasteiger charge is 2.35. The van der Waals surface area contributed by atoms with Crippen LogP contribution >= 0.6 is 15.9 Å². The van der Waals surface area contributed by atoms with E-state index in [-0.39, 0.29) is 18.4 Å². The highest BCUT2D eigenvalue weighted by Crippen LogP contribution is 2.23. The summed E-state index contributed by atoms with van der Waals surface area (Å²) in [5, 5.41) is 8.12. The van der Waals surface area contributed by atoms with E-state index in [1.165, 1.54) is 4.90 Å². The number of rotatable bonds is 15. The minimum Gasteiger partial charge on any atom is -0.354 e. The molecule has 3 N–H and O–H groups in total. The minimum absolute atomic E-state index is 0.240. The zero-order valence-electron chi connectivity index (χ0n) is 23.8. The van der Waals surface area contributed by atoms with Gasteiger partial charge >= 0.3 is 0 Å². The number of fused-ring (bicyclic) bond motifs is 1. The van der Waals surface area contributed by atoms with Crippen molar-refractivity contribution in [3.05, 3.63) is 107 Å². The Balaban J connectivity index is 1.27. The first-order chi connectivity index (χ1) is 20.8. The van der Waals surface area contributed by atoms with Crippen LogP contribution in [-0.4, -0.2) is 64.9 Å². The normalized spacial score (nSPS) is 13.0. The maximum absolute atomic E-state index is 13.1. The molecule has 9 nitrogen and oxygen atoms in total. The van der Waals surface area contributed by atoms with Gasteiger partial charge in [-0.25, -0.2) is 0 Å². The number of carbonyl (C=O) groups excluding carboxylic acids is 5. The van der Waals surface area contributed by atoms with Crippen molar-refractivity contribution in [2.24, 2.45) is 0 Å². The molecule has 4 rings (SSSR count). The van der Waals surface area contributed by atoms with E-state index in [2.05, 4.69) is 31.9 Å². The molecular formula is C33H35BrN4O5. The molecule has 1 atom stereocenters. The monoisotopic (exact) mass is 646 g/mol. The van der Waals surface area contributed by atoms with Crippen LogP contribution in [0.1, 0.15) is 51.1 Å². The lowest BCUT2D eigenvalue weighted by Gasteiger charge is -2.20. The number of nitrogens with zero attached hydrogens (tertiary/aromatic N) is 1. The molecule has 0 spiro atoms. The average molecular weight is 648 g/mol. The third kappa shape index (κ3) is 8.84. The van der Waals surface area contributed by atoms with Crippen molar-refractivity contribution in [2.45, 2.75) is 43.0 Å². The Hall–Kier alpha value is -4.31. The Morgan fingerprint density at radius 2 is 1.12 bits per heavy atom. The molecule has 1 aliphatic rings. The highest BCUT2D eigenvalue weighted by atomic mass is 79.9. The lowest BCUT2D eigenvalue weighted by atomic mass is 10.1. The highest BCUT2D eigenvalue weighted by molar-refractivity contribution is 9.10. The number of benzene rings is 3. The summed E-state index contributed by atoms with van der Waals surface area (Å²) >= 11 is 3.37. The van der Waals surface area contributed by atoms with Crippen molar-refractivity contribution < 1.29 is 24.0 Å². The first-order valence-electron chi connectivity index (χ1n) is 14.4. The molecule has 224 valence electrons. The molecule has 0 unspecified atom stereocenters. The summed E-state index contributed by atoms with van der Waals surface area (Å²) < 4.78 is 0. The van der Waals surface area contributed by atoms with E-state index >= 15 is 0 Å². The Kier molecular flexibility index (Phi) is 11.6. The number of imide groups is 1. The molecule has 5 amide bonds. The molecular weight excluding hydrogens is 612 g/mol. The van der Waals surface area contributed by atoms with Gasteiger partial charge in [0, 0.05) is 19.6 Å². The second kappa shape index (κ2) is 15.8. The van der Waals surface area contributed by atoms with Crippen molar-refractivity contribution >= 4 is 45.5 Å². The van der Waals surface area contributed by atoms with Gasteiger partial charge in [0.1, 0.15) is 0 Å². The van der Waals surface area contributed by atoms with Crippen LogP contribution in [0.5, 0.6) is 0 Å². The predicted molar refractivity (Wildman–Crippen MR) is 167 cm³/mol. The Morgan fingerprint density at radius 3 is 1.60 bits per heavy atom. The molecule has 0 saturated heterocycles. The molecule has 0 saturated carbocycles. The molecule has 3 aromatic carbocycles. The number of unbranched alkanes of at least 4 members (excludes halogenated alkanes) is 1. The fourth-order valence-corrected chi connectivity index (χ4v) is 5.26. The summed E-state index contributed by atoms with van der Waals surface area (Å²) in [6, 6.07) is 24.6. The maximum atomic E-state index is 13.1. The number of amides is 5. The van der Waals surface area contributed by atoms with E-state index in [1.807, 2.05) is 60.7 Å². The van der Waals surface area contributed by atoms with Gasteiger partial charge < -0.3 is 16.0 Å².